The molecule has 0 radical (unpaired) electrons. The first-order chi connectivity index (χ1) is 11.9. The van der Waals surface area contributed by atoms with E-state index in [9.17, 15) is 4.79 Å². The van der Waals surface area contributed by atoms with E-state index in [2.05, 4.69) is 61.9 Å². The van der Waals surface area contributed by atoms with Crippen molar-refractivity contribution in [3.8, 4) is 0 Å². The number of nitrogens with zero attached hydrogens (tertiary/aromatic N) is 2. The van der Waals surface area contributed by atoms with Crippen molar-refractivity contribution in [1.82, 2.24) is 4.90 Å². The minimum Gasteiger partial charge on any atom is -0.371 e. The Labute approximate surface area is 152 Å². The van der Waals surface area contributed by atoms with E-state index in [0.717, 1.165) is 25.4 Å². The SMILES string of the molecule is Cc1cccc(N2C[C@H]3CC[C@H](N(C)[C@@H](CC(C)C)C(N)=O)[C@H]3C2)c1. The third-order valence-electron chi connectivity index (χ3n) is 6.22. The topological polar surface area (TPSA) is 49.6 Å². The zero-order valence-electron chi connectivity index (χ0n) is 16.1. The number of fused-ring (bicyclic) bond motifs is 1. The summed E-state index contributed by atoms with van der Waals surface area (Å²) in [6.07, 6.45) is 3.30. The summed E-state index contributed by atoms with van der Waals surface area (Å²) in [7, 11) is 2.11. The van der Waals surface area contributed by atoms with Crippen LogP contribution in [0.5, 0.6) is 0 Å². The third kappa shape index (κ3) is 3.84. The Balaban J connectivity index is 1.72. The van der Waals surface area contributed by atoms with E-state index in [0.29, 0.717) is 17.9 Å². The van der Waals surface area contributed by atoms with Gasteiger partial charge in [0.05, 0.1) is 6.04 Å². The molecule has 0 aromatic heterocycles. The summed E-state index contributed by atoms with van der Waals surface area (Å²) in [5, 5.41) is 0. The fourth-order valence-corrected chi connectivity index (χ4v) is 4.94. The Morgan fingerprint density at radius 2 is 2.08 bits per heavy atom. The smallest absolute Gasteiger partial charge is 0.234 e. The molecule has 1 amide bonds. The molecule has 25 heavy (non-hydrogen) atoms. The van der Waals surface area contributed by atoms with Gasteiger partial charge in [-0.05, 0) is 68.7 Å². The zero-order valence-corrected chi connectivity index (χ0v) is 16.1. The summed E-state index contributed by atoms with van der Waals surface area (Å²) in [5.41, 5.74) is 8.39. The number of carbonyl (C=O) groups is 1. The van der Waals surface area contributed by atoms with Gasteiger partial charge in [-0.3, -0.25) is 9.69 Å². The largest absolute Gasteiger partial charge is 0.371 e. The van der Waals surface area contributed by atoms with Gasteiger partial charge in [-0.1, -0.05) is 26.0 Å². The van der Waals surface area contributed by atoms with Crippen molar-refractivity contribution in [1.29, 1.82) is 0 Å². The van der Waals surface area contributed by atoms with Crippen LogP contribution in [0.2, 0.25) is 0 Å². The van der Waals surface area contributed by atoms with Gasteiger partial charge in [0.1, 0.15) is 0 Å². The average molecular weight is 344 g/mol. The van der Waals surface area contributed by atoms with Crippen LogP contribution in [0.1, 0.15) is 38.7 Å². The van der Waals surface area contributed by atoms with Crippen LogP contribution in [-0.4, -0.2) is 43.0 Å². The highest BCUT2D eigenvalue weighted by atomic mass is 16.1. The highest BCUT2D eigenvalue weighted by molar-refractivity contribution is 5.79. The maximum atomic E-state index is 12.0. The monoisotopic (exact) mass is 343 g/mol. The molecule has 4 atom stereocenters. The molecule has 1 aliphatic carbocycles. The maximum absolute atomic E-state index is 12.0. The number of anilines is 1. The fraction of sp³-hybridized carbons (Fsp3) is 0.667. The van der Waals surface area contributed by atoms with Crippen LogP contribution in [0.3, 0.4) is 0 Å². The normalized spacial score (nSPS) is 27.1. The van der Waals surface area contributed by atoms with Gasteiger partial charge in [0.2, 0.25) is 5.91 Å². The maximum Gasteiger partial charge on any atom is 0.234 e. The Morgan fingerprint density at radius 1 is 1.32 bits per heavy atom. The molecule has 1 aliphatic heterocycles. The van der Waals surface area contributed by atoms with E-state index in [4.69, 9.17) is 5.73 Å². The van der Waals surface area contributed by atoms with Crippen molar-refractivity contribution >= 4 is 11.6 Å². The van der Waals surface area contributed by atoms with Crippen LogP contribution in [0.25, 0.3) is 0 Å². The highest BCUT2D eigenvalue weighted by Gasteiger charge is 2.45. The lowest BCUT2D eigenvalue weighted by molar-refractivity contribution is -0.124. The Kier molecular flexibility index (Phi) is 5.38. The van der Waals surface area contributed by atoms with E-state index in [-0.39, 0.29) is 11.9 Å². The fourth-order valence-electron chi connectivity index (χ4n) is 4.94. The van der Waals surface area contributed by atoms with Crippen molar-refractivity contribution in [2.24, 2.45) is 23.5 Å². The van der Waals surface area contributed by atoms with Crippen LogP contribution in [-0.2, 0) is 4.79 Å². The third-order valence-corrected chi connectivity index (χ3v) is 6.22. The number of likely N-dealkylation sites (N-methyl/N-ethyl adjacent to an activating group) is 1. The molecule has 1 aromatic carbocycles. The molecule has 0 spiro atoms. The van der Waals surface area contributed by atoms with E-state index in [1.165, 1.54) is 24.1 Å². The highest BCUT2D eigenvalue weighted by Crippen LogP contribution is 2.42. The lowest BCUT2D eigenvalue weighted by Gasteiger charge is -2.35. The summed E-state index contributed by atoms with van der Waals surface area (Å²) in [6.45, 7) is 8.72. The second kappa shape index (κ2) is 7.36. The van der Waals surface area contributed by atoms with Gasteiger partial charge in [-0.2, -0.15) is 0 Å². The lowest BCUT2D eigenvalue weighted by atomic mass is 9.94. The molecular formula is C21H33N3O. The summed E-state index contributed by atoms with van der Waals surface area (Å²) in [4.78, 5) is 16.8. The van der Waals surface area contributed by atoms with Gasteiger partial charge >= 0.3 is 0 Å². The van der Waals surface area contributed by atoms with Crippen LogP contribution in [0, 0.1) is 24.7 Å². The minimum atomic E-state index is -0.173. The van der Waals surface area contributed by atoms with Crippen LogP contribution in [0.4, 0.5) is 5.69 Å². The van der Waals surface area contributed by atoms with Gasteiger partial charge < -0.3 is 10.6 Å². The summed E-state index contributed by atoms with van der Waals surface area (Å²) in [6, 6.07) is 9.13. The van der Waals surface area contributed by atoms with Crippen molar-refractivity contribution in [2.75, 3.05) is 25.0 Å². The first-order valence-electron chi connectivity index (χ1n) is 9.69. The number of primary amides is 1. The molecule has 1 heterocycles. The molecule has 1 saturated carbocycles. The standard InChI is InChI=1S/C21H33N3O/c1-14(2)10-20(21(22)25)23(4)19-9-8-16-12-24(13-18(16)19)17-7-5-6-15(3)11-17/h5-7,11,14,16,18-20H,8-10,12-13H2,1-4H3,(H2,22,25)/t16-,18+,19+,20+/m1/s1. The van der Waals surface area contributed by atoms with Crippen molar-refractivity contribution in [3.05, 3.63) is 29.8 Å². The van der Waals surface area contributed by atoms with Crippen molar-refractivity contribution < 1.29 is 4.79 Å². The second-order valence-corrected chi connectivity index (χ2v) is 8.53. The van der Waals surface area contributed by atoms with Gasteiger partial charge in [0.15, 0.2) is 0 Å². The molecule has 2 aliphatic rings. The predicted molar refractivity (Wildman–Crippen MR) is 104 cm³/mol. The molecule has 2 fully saturated rings. The zero-order chi connectivity index (χ0) is 18.1. The molecule has 0 bridgehead atoms. The molecular weight excluding hydrogens is 310 g/mol. The summed E-state index contributed by atoms with van der Waals surface area (Å²) in [5.74, 6) is 1.68. The number of nitrogens with two attached hydrogens (primary N) is 1. The van der Waals surface area contributed by atoms with Gasteiger partial charge in [-0.25, -0.2) is 0 Å². The number of rotatable bonds is 6. The summed E-state index contributed by atoms with van der Waals surface area (Å²) >= 11 is 0. The number of hydrogen-bond acceptors (Lipinski definition) is 3. The predicted octanol–water partition coefficient (Wildman–Crippen LogP) is 3.04. The van der Waals surface area contributed by atoms with E-state index in [1.807, 2.05) is 0 Å². The Hall–Kier alpha value is -1.55. The van der Waals surface area contributed by atoms with Gasteiger partial charge in [-0.15, -0.1) is 0 Å². The van der Waals surface area contributed by atoms with Crippen LogP contribution in [0.15, 0.2) is 24.3 Å². The average Bonchev–Trinajstić information content (AvgIpc) is 3.11. The van der Waals surface area contributed by atoms with Gasteiger partial charge in [0, 0.05) is 24.8 Å². The molecule has 138 valence electrons. The Bertz CT molecular complexity index is 615. The molecule has 4 nitrogen and oxygen atoms in total. The lowest BCUT2D eigenvalue weighted by Crippen LogP contribution is -2.50. The van der Waals surface area contributed by atoms with E-state index >= 15 is 0 Å². The van der Waals surface area contributed by atoms with Crippen LogP contribution >= 0.6 is 0 Å². The second-order valence-electron chi connectivity index (χ2n) is 8.53. The van der Waals surface area contributed by atoms with Gasteiger partial charge in [0.25, 0.3) is 0 Å². The number of benzene rings is 1. The Morgan fingerprint density at radius 3 is 2.72 bits per heavy atom. The number of aryl methyl sites for hydroxylation is 1. The summed E-state index contributed by atoms with van der Waals surface area (Å²) < 4.78 is 0. The molecule has 1 aromatic rings. The molecule has 1 saturated heterocycles. The first-order valence-corrected chi connectivity index (χ1v) is 9.69. The minimum absolute atomic E-state index is 0.142. The molecule has 2 N–H and O–H groups in total. The first kappa shape index (κ1) is 18.2. The molecule has 4 heteroatoms. The number of amides is 1. The number of carbonyl (C=O) groups excluding carboxylic acids is 1. The van der Waals surface area contributed by atoms with Crippen molar-refractivity contribution in [3.63, 3.8) is 0 Å². The van der Waals surface area contributed by atoms with Crippen LogP contribution < -0.4 is 10.6 Å². The number of hydrogen-bond donors (Lipinski definition) is 1. The molecule has 0 unspecified atom stereocenters. The quantitative estimate of drug-likeness (QED) is 0.864. The molecule has 3 rings (SSSR count). The van der Waals surface area contributed by atoms with Crippen molar-refractivity contribution in [2.45, 2.75) is 52.1 Å². The van der Waals surface area contributed by atoms with E-state index < -0.39 is 0 Å². The van der Waals surface area contributed by atoms with E-state index in [1.54, 1.807) is 0 Å².